The second-order valence-electron chi connectivity index (χ2n) is 9.24. The maximum absolute atomic E-state index is 13.9. The molecule has 2 heterocycles. The van der Waals surface area contributed by atoms with Gasteiger partial charge in [-0.2, -0.15) is 0 Å². The summed E-state index contributed by atoms with van der Waals surface area (Å²) in [7, 11) is -5.71. The number of hydrogen-bond acceptors (Lipinski definition) is 11. The van der Waals surface area contributed by atoms with Crippen LogP contribution in [0.4, 0.5) is 10.3 Å². The molecule has 0 fully saturated rings. The Labute approximate surface area is 248 Å². The molecule has 2 N–H and O–H groups in total. The van der Waals surface area contributed by atoms with Crippen LogP contribution in [0.2, 0.25) is 0 Å². The molecule has 0 aliphatic heterocycles. The fraction of sp³-hybridized carbons (Fsp3) is 0.296. The van der Waals surface area contributed by atoms with E-state index >= 15 is 0 Å². The first kappa shape index (κ1) is 31.7. The van der Waals surface area contributed by atoms with E-state index in [1.54, 1.807) is 43.3 Å². The fourth-order valence-corrected chi connectivity index (χ4v) is 6.27. The number of benzene rings is 2. The normalized spacial score (nSPS) is 13.3. The summed E-state index contributed by atoms with van der Waals surface area (Å²) in [5.41, 5.74) is 0.223. The van der Waals surface area contributed by atoms with Gasteiger partial charge < -0.3 is 19.3 Å². The summed E-state index contributed by atoms with van der Waals surface area (Å²) < 4.78 is 86.0. The van der Waals surface area contributed by atoms with Crippen molar-refractivity contribution in [1.29, 1.82) is 0 Å². The van der Waals surface area contributed by atoms with Crippen LogP contribution in [-0.2, 0) is 19.9 Å². The number of nitrogens with zero attached hydrogens (tertiary/aromatic N) is 4. The first-order valence-corrected chi connectivity index (χ1v) is 16.2. The molecule has 2 atom stereocenters. The van der Waals surface area contributed by atoms with Crippen LogP contribution in [0, 0.1) is 5.82 Å². The molecule has 4 aromatic rings. The average molecular weight is 636 g/mol. The van der Waals surface area contributed by atoms with Gasteiger partial charge in [0, 0.05) is 17.9 Å². The summed E-state index contributed by atoms with van der Waals surface area (Å²) >= 11 is 0. The molecule has 0 amide bonds. The van der Waals surface area contributed by atoms with E-state index in [0.717, 1.165) is 24.5 Å². The van der Waals surface area contributed by atoms with Crippen molar-refractivity contribution >= 4 is 25.8 Å². The summed E-state index contributed by atoms with van der Waals surface area (Å²) in [6, 6.07) is 12.5. The van der Waals surface area contributed by atoms with E-state index in [1.807, 2.05) is 0 Å². The van der Waals surface area contributed by atoms with Crippen molar-refractivity contribution < 1.29 is 40.5 Å². The van der Waals surface area contributed by atoms with E-state index in [0.29, 0.717) is 12.5 Å². The van der Waals surface area contributed by atoms with Crippen LogP contribution in [0.15, 0.2) is 59.5 Å². The molecule has 0 radical (unpaired) electrons. The number of nitrogens with one attached hydrogen (secondary N) is 1. The van der Waals surface area contributed by atoms with Gasteiger partial charge in [0.1, 0.15) is 33.9 Å². The van der Waals surface area contributed by atoms with Crippen molar-refractivity contribution in [2.24, 2.45) is 0 Å². The molecular formula is C27H30FN5O8S2. The number of halogens is 1. The summed E-state index contributed by atoms with van der Waals surface area (Å²) in [6.07, 6.45) is -1.04. The van der Waals surface area contributed by atoms with Crippen molar-refractivity contribution in [2.45, 2.75) is 30.1 Å². The maximum Gasteiger partial charge on any atom is 0.243 e. The van der Waals surface area contributed by atoms with Crippen molar-refractivity contribution in [3.8, 4) is 34.6 Å². The Balaban J connectivity index is 1.86. The largest absolute Gasteiger partial charge is 0.494 e. The van der Waals surface area contributed by atoms with Gasteiger partial charge in [0.25, 0.3) is 0 Å². The first-order valence-electron chi connectivity index (χ1n) is 12.8. The highest BCUT2D eigenvalue weighted by atomic mass is 32.2. The van der Waals surface area contributed by atoms with E-state index in [9.17, 15) is 26.3 Å². The highest BCUT2D eigenvalue weighted by Crippen LogP contribution is 2.38. The lowest BCUT2D eigenvalue weighted by Crippen LogP contribution is -2.32. The zero-order chi connectivity index (χ0) is 31.5. The summed E-state index contributed by atoms with van der Waals surface area (Å²) in [6.45, 7) is 3.31. The van der Waals surface area contributed by atoms with Crippen LogP contribution in [0.25, 0.3) is 17.2 Å². The molecule has 4 rings (SSSR count). The quantitative estimate of drug-likeness (QED) is 0.234. The van der Waals surface area contributed by atoms with Crippen molar-refractivity contribution in [1.82, 2.24) is 19.7 Å². The molecule has 2 aromatic heterocycles. The van der Waals surface area contributed by atoms with E-state index in [1.165, 1.54) is 25.7 Å². The molecule has 0 aliphatic rings. The van der Waals surface area contributed by atoms with E-state index in [-0.39, 0.29) is 40.2 Å². The van der Waals surface area contributed by atoms with Gasteiger partial charge >= 0.3 is 0 Å². The summed E-state index contributed by atoms with van der Waals surface area (Å²) in [5.74, 6) is -0.242. The Morgan fingerprint density at radius 2 is 1.65 bits per heavy atom. The van der Waals surface area contributed by atoms with Gasteiger partial charge in [0.2, 0.25) is 21.9 Å². The third-order valence-electron chi connectivity index (χ3n) is 6.39. The molecule has 16 heteroatoms. The molecule has 0 aliphatic carbocycles. The third-order valence-corrected chi connectivity index (χ3v) is 9.25. The van der Waals surface area contributed by atoms with Gasteiger partial charge in [-0.3, -0.25) is 9.29 Å². The minimum Gasteiger partial charge on any atom is -0.494 e. The van der Waals surface area contributed by atoms with Crippen LogP contribution in [0.3, 0.4) is 0 Å². The Morgan fingerprint density at radius 1 is 1.00 bits per heavy atom. The number of rotatable bonds is 12. The topological polar surface area (TPSA) is 172 Å². The zero-order valence-electron chi connectivity index (χ0n) is 23.8. The summed E-state index contributed by atoms with van der Waals surface area (Å²) in [4.78, 5) is 3.91. The monoisotopic (exact) mass is 635 g/mol. The van der Waals surface area contributed by atoms with Gasteiger partial charge in [0.05, 0.1) is 31.8 Å². The Hall–Kier alpha value is -4.28. The minimum atomic E-state index is -4.53. The van der Waals surface area contributed by atoms with Crippen molar-refractivity contribution in [3.05, 3.63) is 66.0 Å². The Morgan fingerprint density at radius 3 is 2.26 bits per heavy atom. The molecule has 0 saturated heterocycles. The minimum absolute atomic E-state index is 0.0909. The lowest BCUT2D eigenvalue weighted by molar-refractivity contribution is 0.173. The second-order valence-corrected chi connectivity index (χ2v) is 13.3. The van der Waals surface area contributed by atoms with Gasteiger partial charge in [-0.05, 0) is 44.2 Å². The molecular weight excluding hydrogens is 605 g/mol. The Kier molecular flexibility index (Phi) is 9.22. The van der Waals surface area contributed by atoms with E-state index in [2.05, 4.69) is 19.9 Å². The average Bonchev–Trinajstić information content (AvgIpc) is 3.37. The SMILES string of the molecule is CCOc1cccc(-c2nnc(NS(=O)(=O)C(C)C(O)c3ccc(F)cc3S(C)(=O)=O)n2-c2c(OC)cccc2OC)n1. The number of sulfone groups is 1. The molecule has 43 heavy (non-hydrogen) atoms. The molecule has 0 spiro atoms. The maximum atomic E-state index is 13.9. The van der Waals surface area contributed by atoms with E-state index < -0.39 is 41.9 Å². The van der Waals surface area contributed by atoms with Crippen LogP contribution < -0.4 is 18.9 Å². The Bertz CT molecular complexity index is 1830. The lowest BCUT2D eigenvalue weighted by atomic mass is 10.1. The fourth-order valence-electron chi connectivity index (χ4n) is 4.26. The second kappa shape index (κ2) is 12.5. The molecule has 230 valence electrons. The highest BCUT2D eigenvalue weighted by molar-refractivity contribution is 7.93. The van der Waals surface area contributed by atoms with Crippen molar-refractivity contribution in [2.75, 3.05) is 31.8 Å². The number of ether oxygens (including phenoxy) is 3. The molecule has 2 unspecified atom stereocenters. The van der Waals surface area contributed by atoms with Crippen LogP contribution >= 0.6 is 0 Å². The molecule has 13 nitrogen and oxygen atoms in total. The molecule has 0 bridgehead atoms. The van der Waals surface area contributed by atoms with Crippen LogP contribution in [0.5, 0.6) is 17.4 Å². The predicted molar refractivity (Wildman–Crippen MR) is 155 cm³/mol. The molecule has 0 saturated carbocycles. The number of anilines is 1. The van der Waals surface area contributed by atoms with Gasteiger partial charge in [0.15, 0.2) is 15.7 Å². The number of pyridine rings is 1. The standard InChI is InChI=1S/C27H30FN5O8S2/c1-6-41-23-12-7-9-19(29-23)26-30-31-27(33(26)24-20(39-3)10-8-11-21(24)40-4)32-43(37,38)16(2)25(34)18-14-13-17(28)15-22(18)42(5,35)36/h7-16,25,34H,6H2,1-5H3,(H,31,32). The van der Waals surface area contributed by atoms with Gasteiger partial charge in [-0.15, -0.1) is 10.2 Å². The number of sulfonamides is 1. The number of para-hydroxylation sites is 1. The summed E-state index contributed by atoms with van der Waals surface area (Å²) in [5, 5.41) is 17.7. The van der Waals surface area contributed by atoms with Crippen molar-refractivity contribution in [3.63, 3.8) is 0 Å². The van der Waals surface area contributed by atoms with E-state index in [4.69, 9.17) is 14.2 Å². The number of hydrogen-bond donors (Lipinski definition) is 2. The number of aliphatic hydroxyl groups excluding tert-OH is 1. The number of aliphatic hydroxyl groups is 1. The first-order chi connectivity index (χ1) is 20.3. The van der Waals surface area contributed by atoms with Gasteiger partial charge in [-0.1, -0.05) is 18.2 Å². The third kappa shape index (κ3) is 6.55. The molecule has 2 aromatic carbocycles. The van der Waals surface area contributed by atoms with Crippen LogP contribution in [0.1, 0.15) is 25.5 Å². The van der Waals surface area contributed by atoms with Crippen LogP contribution in [-0.4, -0.2) is 74.0 Å². The smallest absolute Gasteiger partial charge is 0.243 e. The lowest BCUT2D eigenvalue weighted by Gasteiger charge is -2.23. The number of methoxy groups -OCH3 is 2. The predicted octanol–water partition coefficient (Wildman–Crippen LogP) is 3.15. The van der Waals surface area contributed by atoms with Gasteiger partial charge in [-0.25, -0.2) is 26.2 Å². The number of aromatic nitrogens is 4. The highest BCUT2D eigenvalue weighted by Gasteiger charge is 2.35. The zero-order valence-corrected chi connectivity index (χ0v) is 25.5.